The van der Waals surface area contributed by atoms with Crippen LogP contribution in [0.15, 0.2) is 28.7 Å². The van der Waals surface area contributed by atoms with Crippen molar-refractivity contribution in [2.75, 3.05) is 6.54 Å². The molecule has 0 aliphatic heterocycles. The van der Waals surface area contributed by atoms with Crippen LogP contribution in [0.2, 0.25) is 0 Å². The molecule has 30 heavy (non-hydrogen) atoms. The number of rotatable bonds is 9. The van der Waals surface area contributed by atoms with Crippen LogP contribution in [0.1, 0.15) is 56.5 Å². The van der Waals surface area contributed by atoms with Gasteiger partial charge in [0.15, 0.2) is 0 Å². The molecule has 3 rings (SSSR count). The zero-order valence-electron chi connectivity index (χ0n) is 18.5. The van der Waals surface area contributed by atoms with Crippen LogP contribution in [0.3, 0.4) is 0 Å². The molecule has 3 atom stereocenters. The van der Waals surface area contributed by atoms with Gasteiger partial charge in [-0.15, -0.1) is 0 Å². The van der Waals surface area contributed by atoms with E-state index in [9.17, 15) is 9.90 Å². The van der Waals surface area contributed by atoms with Crippen molar-refractivity contribution in [3.05, 3.63) is 41.3 Å². The van der Waals surface area contributed by atoms with Gasteiger partial charge in [0, 0.05) is 5.56 Å². The first kappa shape index (κ1) is 22.5. The van der Waals surface area contributed by atoms with E-state index in [1.54, 1.807) is 0 Å². The third kappa shape index (κ3) is 5.92. The monoisotopic (exact) mass is 414 g/mol. The Hall–Kier alpha value is -2.18. The number of nitrogens with one attached hydrogen (secondary N) is 1. The maximum Gasteiger partial charge on any atom is 0.320 e. The molecule has 1 aromatic carbocycles. The van der Waals surface area contributed by atoms with Gasteiger partial charge in [-0.05, 0) is 63.6 Å². The average Bonchev–Trinajstić information content (AvgIpc) is 3.07. The molecular formula is C24H34N2O4. The summed E-state index contributed by atoms with van der Waals surface area (Å²) in [6.07, 6.45) is 4.36. The highest BCUT2D eigenvalue weighted by Crippen LogP contribution is 2.28. The van der Waals surface area contributed by atoms with Crippen molar-refractivity contribution in [1.82, 2.24) is 10.3 Å². The van der Waals surface area contributed by atoms with Crippen LogP contribution < -0.4 is 5.32 Å². The Morgan fingerprint density at radius 3 is 2.67 bits per heavy atom. The molecule has 0 radical (unpaired) electrons. The quantitative estimate of drug-likeness (QED) is 0.617. The fourth-order valence-corrected chi connectivity index (χ4v) is 4.06. The number of aromatic nitrogens is 1. The third-order valence-corrected chi connectivity index (χ3v) is 5.94. The van der Waals surface area contributed by atoms with Gasteiger partial charge in [-0.25, -0.2) is 4.98 Å². The predicted molar refractivity (Wildman–Crippen MR) is 116 cm³/mol. The lowest BCUT2D eigenvalue weighted by Gasteiger charge is -2.30. The maximum absolute atomic E-state index is 11.4. The van der Waals surface area contributed by atoms with Crippen molar-refractivity contribution in [2.24, 2.45) is 11.8 Å². The molecule has 0 spiro atoms. The second-order valence-electron chi connectivity index (χ2n) is 8.82. The molecule has 0 bridgehead atoms. The zero-order valence-corrected chi connectivity index (χ0v) is 18.5. The maximum atomic E-state index is 11.4. The Balaban J connectivity index is 1.52. The molecule has 2 aromatic rings. The molecule has 1 heterocycles. The summed E-state index contributed by atoms with van der Waals surface area (Å²) in [5.74, 6) is 1.15. The van der Waals surface area contributed by atoms with E-state index < -0.39 is 12.0 Å². The second-order valence-corrected chi connectivity index (χ2v) is 8.82. The van der Waals surface area contributed by atoms with Crippen LogP contribution in [-0.2, 0) is 16.1 Å². The Kier molecular flexibility index (Phi) is 7.67. The number of carboxylic acid groups (broad SMARTS) is 1. The molecule has 2 N–H and O–H groups in total. The summed E-state index contributed by atoms with van der Waals surface area (Å²) in [4.78, 5) is 16.0. The molecular weight excluding hydrogens is 380 g/mol. The Morgan fingerprint density at radius 2 is 2.00 bits per heavy atom. The number of carboxylic acids is 1. The average molecular weight is 415 g/mol. The smallest absolute Gasteiger partial charge is 0.320 e. The minimum Gasteiger partial charge on any atom is -0.480 e. The van der Waals surface area contributed by atoms with Crippen LogP contribution in [0, 0.1) is 25.7 Å². The molecule has 1 saturated carbocycles. The number of hydrogen-bond donors (Lipinski definition) is 2. The fourth-order valence-electron chi connectivity index (χ4n) is 4.06. The van der Waals surface area contributed by atoms with Crippen LogP contribution in [-0.4, -0.2) is 34.8 Å². The van der Waals surface area contributed by atoms with Crippen molar-refractivity contribution in [3.63, 3.8) is 0 Å². The van der Waals surface area contributed by atoms with Crippen LogP contribution >= 0.6 is 0 Å². The largest absolute Gasteiger partial charge is 0.480 e. The lowest BCUT2D eigenvalue weighted by Crippen LogP contribution is -2.44. The van der Waals surface area contributed by atoms with Gasteiger partial charge in [-0.1, -0.05) is 38.0 Å². The first-order valence-electron chi connectivity index (χ1n) is 10.9. The van der Waals surface area contributed by atoms with E-state index in [2.05, 4.69) is 29.4 Å². The standard InChI is InChI=1S/C24H34N2O4/c1-15(2)22(24(27)28)25-13-18-6-5-7-20(12-18)29-14-21-17(4)30-23(26-21)19-10-8-16(3)9-11-19/h8-11,15,18,20,22,25H,5-7,12-14H2,1-4H3,(H,27,28)/t18-,20+,22-/m0/s1. The van der Waals surface area contributed by atoms with E-state index in [0.717, 1.165) is 49.2 Å². The third-order valence-electron chi connectivity index (χ3n) is 5.94. The van der Waals surface area contributed by atoms with Crippen LogP contribution in [0.25, 0.3) is 11.5 Å². The lowest BCUT2D eigenvalue weighted by atomic mass is 9.86. The minimum absolute atomic E-state index is 0.0657. The number of hydrogen-bond acceptors (Lipinski definition) is 5. The van der Waals surface area contributed by atoms with Gasteiger partial charge in [-0.3, -0.25) is 4.79 Å². The van der Waals surface area contributed by atoms with Crippen molar-refractivity contribution < 1.29 is 19.1 Å². The Bertz CT molecular complexity index is 828. The summed E-state index contributed by atoms with van der Waals surface area (Å²) in [7, 11) is 0. The van der Waals surface area contributed by atoms with E-state index in [-0.39, 0.29) is 12.0 Å². The van der Waals surface area contributed by atoms with E-state index in [1.165, 1.54) is 5.56 Å². The first-order valence-corrected chi connectivity index (χ1v) is 10.9. The van der Waals surface area contributed by atoms with Gasteiger partial charge in [0.25, 0.3) is 0 Å². The van der Waals surface area contributed by atoms with Gasteiger partial charge < -0.3 is 19.6 Å². The number of ether oxygens (including phenoxy) is 1. The Labute approximate surface area is 179 Å². The molecule has 1 aromatic heterocycles. The lowest BCUT2D eigenvalue weighted by molar-refractivity contribution is -0.140. The van der Waals surface area contributed by atoms with E-state index in [1.807, 2.05) is 32.9 Å². The number of aryl methyl sites for hydroxylation is 2. The molecule has 1 aliphatic rings. The van der Waals surface area contributed by atoms with Crippen LogP contribution in [0.4, 0.5) is 0 Å². The number of oxazole rings is 1. The number of nitrogens with zero attached hydrogens (tertiary/aromatic N) is 1. The molecule has 0 unspecified atom stereocenters. The molecule has 6 nitrogen and oxygen atoms in total. The van der Waals surface area contributed by atoms with Gasteiger partial charge in [-0.2, -0.15) is 0 Å². The SMILES string of the molecule is Cc1ccc(-c2nc(CO[C@@H]3CCC[C@H](CN[C@H](C(=O)O)C(C)C)C3)c(C)o2)cc1. The van der Waals surface area contributed by atoms with Crippen molar-refractivity contribution in [1.29, 1.82) is 0 Å². The van der Waals surface area contributed by atoms with Crippen molar-refractivity contribution >= 4 is 5.97 Å². The first-order chi connectivity index (χ1) is 14.3. The number of aliphatic carboxylic acids is 1. The van der Waals surface area contributed by atoms with E-state index in [4.69, 9.17) is 9.15 Å². The van der Waals surface area contributed by atoms with Crippen LogP contribution in [0.5, 0.6) is 0 Å². The molecule has 164 valence electrons. The zero-order chi connectivity index (χ0) is 21.7. The topological polar surface area (TPSA) is 84.6 Å². The number of carbonyl (C=O) groups is 1. The predicted octanol–water partition coefficient (Wildman–Crippen LogP) is 4.73. The minimum atomic E-state index is -0.778. The molecule has 0 saturated heterocycles. The van der Waals surface area contributed by atoms with Crippen molar-refractivity contribution in [3.8, 4) is 11.5 Å². The molecule has 0 amide bonds. The Morgan fingerprint density at radius 1 is 1.27 bits per heavy atom. The summed E-state index contributed by atoms with van der Waals surface area (Å²) >= 11 is 0. The molecule has 1 aliphatic carbocycles. The number of benzene rings is 1. The van der Waals surface area contributed by atoms with Gasteiger partial charge in [0.1, 0.15) is 17.5 Å². The van der Waals surface area contributed by atoms with Gasteiger partial charge in [0.05, 0.1) is 12.7 Å². The van der Waals surface area contributed by atoms with Gasteiger partial charge in [0.2, 0.25) is 5.89 Å². The van der Waals surface area contributed by atoms with E-state index in [0.29, 0.717) is 18.4 Å². The van der Waals surface area contributed by atoms with E-state index >= 15 is 0 Å². The highest BCUT2D eigenvalue weighted by Gasteiger charge is 2.26. The summed E-state index contributed by atoms with van der Waals surface area (Å²) < 4.78 is 12.0. The van der Waals surface area contributed by atoms with Gasteiger partial charge >= 0.3 is 5.97 Å². The molecule has 6 heteroatoms. The second kappa shape index (κ2) is 10.2. The molecule has 1 fully saturated rings. The fraction of sp³-hybridized carbons (Fsp3) is 0.583. The highest BCUT2D eigenvalue weighted by atomic mass is 16.5. The summed E-state index contributed by atoms with van der Waals surface area (Å²) in [6.45, 7) is 9.01. The summed E-state index contributed by atoms with van der Waals surface area (Å²) in [5, 5.41) is 12.6. The van der Waals surface area contributed by atoms with Crippen molar-refractivity contribution in [2.45, 2.75) is 72.1 Å². The summed E-state index contributed by atoms with van der Waals surface area (Å²) in [5.41, 5.74) is 3.02. The summed E-state index contributed by atoms with van der Waals surface area (Å²) in [6, 6.07) is 7.64. The highest BCUT2D eigenvalue weighted by molar-refractivity contribution is 5.73. The normalized spacial score (nSPS) is 20.4.